The average molecular weight is 442 g/mol. The van der Waals surface area contributed by atoms with Crippen molar-refractivity contribution in [3.63, 3.8) is 0 Å². The fourth-order valence-corrected chi connectivity index (χ4v) is 3.58. The lowest BCUT2D eigenvalue weighted by molar-refractivity contribution is -0.151. The van der Waals surface area contributed by atoms with E-state index in [-0.39, 0.29) is 12.1 Å². The molecule has 0 amide bonds. The van der Waals surface area contributed by atoms with Crippen molar-refractivity contribution in [2.24, 2.45) is 0 Å². The molecule has 5 nitrogen and oxygen atoms in total. The number of esters is 1. The topological polar surface area (TPSA) is 48.0 Å². The van der Waals surface area contributed by atoms with Crippen LogP contribution in [-0.4, -0.2) is 51.3 Å². The summed E-state index contributed by atoms with van der Waals surface area (Å²) < 4.78 is 17.1. The molecule has 0 aliphatic heterocycles. The summed E-state index contributed by atoms with van der Waals surface area (Å²) in [5.41, 5.74) is 2.40. The van der Waals surface area contributed by atoms with E-state index in [1.54, 1.807) is 7.11 Å². The van der Waals surface area contributed by atoms with Gasteiger partial charge in [0.25, 0.3) is 0 Å². The SMILES string of the molecule is CCCCCCC(=O)OC(COc1ccccc1CCc1ccc(OC)cc1)CN(C)C. The molecular formula is C27H39NO4. The summed E-state index contributed by atoms with van der Waals surface area (Å²) in [5.74, 6) is 1.58. The third kappa shape index (κ3) is 9.73. The molecule has 2 aromatic rings. The van der Waals surface area contributed by atoms with E-state index in [2.05, 4.69) is 25.1 Å². The van der Waals surface area contributed by atoms with Crippen LogP contribution in [0.25, 0.3) is 0 Å². The number of carbonyl (C=O) groups excluding carboxylic acids is 1. The molecule has 0 saturated heterocycles. The van der Waals surface area contributed by atoms with Crippen molar-refractivity contribution >= 4 is 5.97 Å². The summed E-state index contributed by atoms with van der Waals surface area (Å²) in [6.45, 7) is 3.14. The molecule has 0 fully saturated rings. The number of unbranched alkanes of at least 4 members (excludes halogenated alkanes) is 3. The quantitative estimate of drug-likeness (QED) is 0.277. The Balaban J connectivity index is 1.91. The third-order valence-electron chi connectivity index (χ3n) is 5.34. The molecule has 0 heterocycles. The molecule has 0 spiro atoms. The Morgan fingerprint density at radius 1 is 0.969 bits per heavy atom. The minimum absolute atomic E-state index is 0.135. The van der Waals surface area contributed by atoms with E-state index in [4.69, 9.17) is 14.2 Å². The first-order valence-corrected chi connectivity index (χ1v) is 11.7. The van der Waals surface area contributed by atoms with Crippen LogP contribution in [0.15, 0.2) is 48.5 Å². The van der Waals surface area contributed by atoms with Gasteiger partial charge in [0.1, 0.15) is 24.2 Å². The summed E-state index contributed by atoms with van der Waals surface area (Å²) in [4.78, 5) is 14.3. The number of para-hydroxylation sites is 1. The normalized spacial score (nSPS) is 11.9. The molecule has 1 unspecified atom stereocenters. The van der Waals surface area contributed by atoms with E-state index in [1.165, 1.54) is 5.56 Å². The van der Waals surface area contributed by atoms with Gasteiger partial charge in [-0.05, 0) is 62.7 Å². The Kier molecular flexibility index (Phi) is 11.7. The van der Waals surface area contributed by atoms with E-state index in [1.807, 2.05) is 49.3 Å². The van der Waals surface area contributed by atoms with Gasteiger partial charge in [0, 0.05) is 13.0 Å². The van der Waals surface area contributed by atoms with Crippen LogP contribution in [0.2, 0.25) is 0 Å². The number of benzene rings is 2. The third-order valence-corrected chi connectivity index (χ3v) is 5.34. The van der Waals surface area contributed by atoms with E-state index in [9.17, 15) is 4.79 Å². The van der Waals surface area contributed by atoms with Crippen LogP contribution in [0.4, 0.5) is 0 Å². The van der Waals surface area contributed by atoms with Gasteiger partial charge in [-0.3, -0.25) is 4.79 Å². The number of hydrogen-bond acceptors (Lipinski definition) is 5. The number of aryl methyl sites for hydroxylation is 2. The van der Waals surface area contributed by atoms with Crippen molar-refractivity contribution in [1.29, 1.82) is 0 Å². The highest BCUT2D eigenvalue weighted by Crippen LogP contribution is 2.21. The number of rotatable bonds is 15. The van der Waals surface area contributed by atoms with Crippen molar-refractivity contribution in [3.8, 4) is 11.5 Å². The number of ether oxygens (including phenoxy) is 3. The molecule has 1 atom stereocenters. The number of methoxy groups -OCH3 is 1. The van der Waals surface area contributed by atoms with E-state index >= 15 is 0 Å². The monoisotopic (exact) mass is 441 g/mol. The molecule has 2 aromatic carbocycles. The Hall–Kier alpha value is -2.53. The summed E-state index contributed by atoms with van der Waals surface area (Å²) in [7, 11) is 5.63. The second kappa shape index (κ2) is 14.5. The second-order valence-electron chi connectivity index (χ2n) is 8.45. The largest absolute Gasteiger partial charge is 0.497 e. The highest BCUT2D eigenvalue weighted by atomic mass is 16.6. The van der Waals surface area contributed by atoms with E-state index in [0.717, 1.165) is 55.6 Å². The maximum Gasteiger partial charge on any atom is 0.306 e. The maximum atomic E-state index is 12.3. The lowest BCUT2D eigenvalue weighted by atomic mass is 10.0. The Labute approximate surface area is 193 Å². The van der Waals surface area contributed by atoms with Crippen LogP contribution in [0.1, 0.15) is 50.2 Å². The first-order valence-electron chi connectivity index (χ1n) is 11.7. The maximum absolute atomic E-state index is 12.3. The van der Waals surface area contributed by atoms with Crippen LogP contribution < -0.4 is 9.47 Å². The van der Waals surface area contributed by atoms with Crippen LogP contribution >= 0.6 is 0 Å². The van der Waals surface area contributed by atoms with Gasteiger partial charge in [0.2, 0.25) is 0 Å². The first-order chi connectivity index (χ1) is 15.5. The molecule has 0 saturated carbocycles. The van der Waals surface area contributed by atoms with Crippen LogP contribution in [-0.2, 0) is 22.4 Å². The smallest absolute Gasteiger partial charge is 0.306 e. The zero-order valence-electron chi connectivity index (χ0n) is 20.1. The van der Waals surface area contributed by atoms with E-state index < -0.39 is 0 Å². The zero-order chi connectivity index (χ0) is 23.2. The summed E-state index contributed by atoms with van der Waals surface area (Å²) in [5, 5.41) is 0. The van der Waals surface area contributed by atoms with Gasteiger partial charge < -0.3 is 19.1 Å². The van der Waals surface area contributed by atoms with Gasteiger partial charge in [-0.2, -0.15) is 0 Å². The first kappa shape index (κ1) is 25.7. The fraction of sp³-hybridized carbons (Fsp3) is 0.519. The lowest BCUT2D eigenvalue weighted by Gasteiger charge is -2.22. The van der Waals surface area contributed by atoms with Crippen molar-refractivity contribution in [2.45, 2.75) is 58.0 Å². The molecular weight excluding hydrogens is 402 g/mol. The molecule has 0 radical (unpaired) electrons. The standard InChI is InChI=1S/C27H39NO4/c1-5-6-7-8-13-27(29)32-25(20-28(2)3)21-31-26-12-10-9-11-23(26)17-14-22-15-18-24(30-4)19-16-22/h9-12,15-16,18-19,25H,5-8,13-14,17,20-21H2,1-4H3. The van der Waals surface area contributed by atoms with Crippen LogP contribution in [0, 0.1) is 0 Å². The second-order valence-corrected chi connectivity index (χ2v) is 8.45. The summed E-state index contributed by atoms with van der Waals surface area (Å²) in [6.07, 6.45) is 6.24. The fourth-order valence-electron chi connectivity index (χ4n) is 3.58. The van der Waals surface area contributed by atoms with Gasteiger partial charge in [0.15, 0.2) is 0 Å². The molecule has 0 aliphatic rings. The molecule has 0 N–H and O–H groups in total. The van der Waals surface area contributed by atoms with Crippen molar-refractivity contribution < 1.29 is 19.0 Å². The van der Waals surface area contributed by atoms with Crippen LogP contribution in [0.3, 0.4) is 0 Å². The predicted octanol–water partition coefficient (Wildman–Crippen LogP) is 5.30. The highest BCUT2D eigenvalue weighted by Gasteiger charge is 2.17. The highest BCUT2D eigenvalue weighted by molar-refractivity contribution is 5.69. The van der Waals surface area contributed by atoms with Crippen molar-refractivity contribution in [1.82, 2.24) is 4.90 Å². The van der Waals surface area contributed by atoms with Crippen LogP contribution in [0.5, 0.6) is 11.5 Å². The van der Waals surface area contributed by atoms with Crippen molar-refractivity contribution in [3.05, 3.63) is 59.7 Å². The van der Waals surface area contributed by atoms with Gasteiger partial charge >= 0.3 is 5.97 Å². The molecule has 0 bridgehead atoms. The molecule has 176 valence electrons. The molecule has 5 heteroatoms. The zero-order valence-corrected chi connectivity index (χ0v) is 20.1. The minimum atomic E-state index is -0.293. The summed E-state index contributed by atoms with van der Waals surface area (Å²) >= 11 is 0. The number of nitrogens with zero attached hydrogens (tertiary/aromatic N) is 1. The Morgan fingerprint density at radius 2 is 1.72 bits per heavy atom. The van der Waals surface area contributed by atoms with Gasteiger partial charge in [-0.25, -0.2) is 0 Å². The number of likely N-dealkylation sites (N-methyl/N-ethyl adjacent to an activating group) is 1. The van der Waals surface area contributed by atoms with E-state index in [0.29, 0.717) is 19.6 Å². The van der Waals surface area contributed by atoms with Crippen molar-refractivity contribution in [2.75, 3.05) is 34.4 Å². The summed E-state index contributed by atoms with van der Waals surface area (Å²) in [6, 6.07) is 16.3. The number of hydrogen-bond donors (Lipinski definition) is 0. The predicted molar refractivity (Wildman–Crippen MR) is 130 cm³/mol. The van der Waals surface area contributed by atoms with Gasteiger partial charge in [0.05, 0.1) is 7.11 Å². The van der Waals surface area contributed by atoms with Gasteiger partial charge in [-0.15, -0.1) is 0 Å². The molecule has 0 aromatic heterocycles. The Bertz CT molecular complexity index is 788. The molecule has 0 aliphatic carbocycles. The molecule has 32 heavy (non-hydrogen) atoms. The molecule has 2 rings (SSSR count). The minimum Gasteiger partial charge on any atom is -0.497 e. The Morgan fingerprint density at radius 3 is 2.41 bits per heavy atom. The lowest BCUT2D eigenvalue weighted by Crippen LogP contribution is -2.35. The number of carbonyl (C=O) groups is 1. The van der Waals surface area contributed by atoms with Gasteiger partial charge in [-0.1, -0.05) is 56.5 Å². The average Bonchev–Trinajstić information content (AvgIpc) is 2.79.